The summed E-state index contributed by atoms with van der Waals surface area (Å²) in [7, 11) is 0. The summed E-state index contributed by atoms with van der Waals surface area (Å²) in [5.74, 6) is -0.175. The highest BCUT2D eigenvalue weighted by Crippen LogP contribution is 2.39. The average molecular weight is 323 g/mol. The molecular formula is C15H27ClO5. The molecule has 0 aromatic carbocycles. The van der Waals surface area contributed by atoms with Crippen molar-refractivity contribution in [3.63, 3.8) is 0 Å². The number of aliphatic hydroxyl groups is 3. The van der Waals surface area contributed by atoms with Gasteiger partial charge in [-0.25, -0.2) is 0 Å². The topological polar surface area (TPSA) is 87.0 Å². The zero-order valence-corrected chi connectivity index (χ0v) is 13.2. The molecule has 1 aliphatic rings. The maximum absolute atomic E-state index is 11.2. The van der Waals surface area contributed by atoms with Crippen LogP contribution in [-0.4, -0.2) is 52.6 Å². The maximum atomic E-state index is 11.2. The zero-order chi connectivity index (χ0) is 15.7. The highest BCUT2D eigenvalue weighted by molar-refractivity contribution is 6.21. The first-order chi connectivity index (χ1) is 10.1. The van der Waals surface area contributed by atoms with Gasteiger partial charge in [-0.2, -0.15) is 0 Å². The number of aliphatic hydroxyl groups excluding tert-OH is 3. The van der Waals surface area contributed by atoms with Crippen molar-refractivity contribution in [2.75, 3.05) is 19.8 Å². The van der Waals surface area contributed by atoms with E-state index in [1.165, 1.54) is 0 Å². The van der Waals surface area contributed by atoms with Crippen molar-refractivity contribution < 1.29 is 24.9 Å². The van der Waals surface area contributed by atoms with Gasteiger partial charge in [0.25, 0.3) is 0 Å². The molecule has 124 valence electrons. The number of carbonyl (C=O) groups is 1. The second-order valence-corrected chi connectivity index (χ2v) is 6.29. The molecule has 0 aromatic rings. The Morgan fingerprint density at radius 2 is 1.86 bits per heavy atom. The van der Waals surface area contributed by atoms with Gasteiger partial charge in [0.15, 0.2) is 0 Å². The summed E-state index contributed by atoms with van der Waals surface area (Å²) in [6.07, 6.45) is 5.10. The SMILES string of the molecule is O=C(CCCCCC[C@@H]1[C@@H](CO)[C@H](O)C[C@H]1Cl)OCCO. The number of carbonyl (C=O) groups excluding carboxylic acids is 1. The van der Waals surface area contributed by atoms with Crippen molar-refractivity contribution in [3.8, 4) is 0 Å². The molecule has 1 fully saturated rings. The third kappa shape index (κ3) is 6.51. The van der Waals surface area contributed by atoms with Gasteiger partial charge in [0.2, 0.25) is 0 Å². The van der Waals surface area contributed by atoms with Crippen LogP contribution in [0.3, 0.4) is 0 Å². The Kier molecular flexibility index (Phi) is 9.24. The number of halogens is 1. The summed E-state index contributed by atoms with van der Waals surface area (Å²) in [6, 6.07) is 0. The molecule has 1 saturated carbocycles. The fourth-order valence-electron chi connectivity index (χ4n) is 3.02. The van der Waals surface area contributed by atoms with Gasteiger partial charge in [-0.3, -0.25) is 4.79 Å². The molecule has 0 spiro atoms. The summed E-state index contributed by atoms with van der Waals surface area (Å²) < 4.78 is 4.77. The first-order valence-corrected chi connectivity index (χ1v) is 8.23. The van der Waals surface area contributed by atoms with E-state index in [-0.39, 0.29) is 43.0 Å². The zero-order valence-electron chi connectivity index (χ0n) is 12.4. The lowest BCUT2D eigenvalue weighted by atomic mass is 9.90. The lowest BCUT2D eigenvalue weighted by Gasteiger charge is -2.21. The Bertz CT molecular complexity index is 300. The van der Waals surface area contributed by atoms with Crippen LogP contribution in [0, 0.1) is 11.8 Å². The molecule has 6 heteroatoms. The molecular weight excluding hydrogens is 296 g/mol. The summed E-state index contributed by atoms with van der Waals surface area (Å²) in [5, 5.41) is 27.6. The van der Waals surface area contributed by atoms with Crippen LogP contribution in [-0.2, 0) is 9.53 Å². The molecule has 0 bridgehead atoms. The van der Waals surface area contributed by atoms with Crippen molar-refractivity contribution in [1.82, 2.24) is 0 Å². The van der Waals surface area contributed by atoms with Crippen molar-refractivity contribution in [3.05, 3.63) is 0 Å². The lowest BCUT2D eigenvalue weighted by Crippen LogP contribution is -2.24. The molecule has 0 amide bonds. The summed E-state index contributed by atoms with van der Waals surface area (Å²) in [5.41, 5.74) is 0. The third-order valence-electron chi connectivity index (χ3n) is 4.21. The van der Waals surface area contributed by atoms with Crippen molar-refractivity contribution in [2.24, 2.45) is 11.8 Å². The molecule has 21 heavy (non-hydrogen) atoms. The van der Waals surface area contributed by atoms with E-state index in [0.29, 0.717) is 12.8 Å². The van der Waals surface area contributed by atoms with E-state index in [1.807, 2.05) is 0 Å². The molecule has 0 saturated heterocycles. The van der Waals surface area contributed by atoms with Gasteiger partial charge in [0.1, 0.15) is 6.61 Å². The first kappa shape index (κ1) is 18.7. The monoisotopic (exact) mass is 322 g/mol. The molecule has 4 atom stereocenters. The minimum Gasteiger partial charge on any atom is -0.463 e. The standard InChI is InChI=1S/C15H27ClO5/c16-13-9-14(19)12(10-18)11(13)5-3-1-2-4-6-15(20)21-8-7-17/h11-14,17-19H,1-10H2/t11-,12-,13-,14-/m1/s1. The Hall–Kier alpha value is -0.360. The fraction of sp³-hybridized carbons (Fsp3) is 0.933. The van der Waals surface area contributed by atoms with Crippen molar-refractivity contribution >= 4 is 17.6 Å². The third-order valence-corrected chi connectivity index (χ3v) is 4.71. The Morgan fingerprint density at radius 3 is 2.52 bits per heavy atom. The maximum Gasteiger partial charge on any atom is 0.305 e. The van der Waals surface area contributed by atoms with Crippen LogP contribution in [0.15, 0.2) is 0 Å². The van der Waals surface area contributed by atoms with Crippen molar-refractivity contribution in [2.45, 2.75) is 56.4 Å². The van der Waals surface area contributed by atoms with Crippen LogP contribution >= 0.6 is 11.6 Å². The predicted molar refractivity (Wildman–Crippen MR) is 80.1 cm³/mol. The Labute approximate surface area is 131 Å². The van der Waals surface area contributed by atoms with Crippen LogP contribution in [0.25, 0.3) is 0 Å². The molecule has 0 aromatic heterocycles. The van der Waals surface area contributed by atoms with Crippen LogP contribution in [0.2, 0.25) is 0 Å². The van der Waals surface area contributed by atoms with E-state index in [0.717, 1.165) is 32.1 Å². The smallest absolute Gasteiger partial charge is 0.305 e. The van der Waals surface area contributed by atoms with Gasteiger partial charge < -0.3 is 20.1 Å². The van der Waals surface area contributed by atoms with E-state index in [4.69, 9.17) is 21.4 Å². The van der Waals surface area contributed by atoms with E-state index in [2.05, 4.69) is 0 Å². The lowest BCUT2D eigenvalue weighted by molar-refractivity contribution is -0.144. The Balaban J connectivity index is 2.07. The second-order valence-electron chi connectivity index (χ2n) is 5.73. The molecule has 0 unspecified atom stereocenters. The quantitative estimate of drug-likeness (QED) is 0.322. The number of unbranched alkanes of at least 4 members (excludes halogenated alkanes) is 3. The van der Waals surface area contributed by atoms with Gasteiger partial charge in [0, 0.05) is 24.3 Å². The van der Waals surface area contributed by atoms with Crippen LogP contribution < -0.4 is 0 Å². The summed E-state index contributed by atoms with van der Waals surface area (Å²) in [6.45, 7) is -0.0706. The summed E-state index contributed by atoms with van der Waals surface area (Å²) in [4.78, 5) is 11.2. The highest BCUT2D eigenvalue weighted by atomic mass is 35.5. The predicted octanol–water partition coefficient (Wildman–Crippen LogP) is 1.46. The van der Waals surface area contributed by atoms with E-state index >= 15 is 0 Å². The molecule has 1 rings (SSSR count). The van der Waals surface area contributed by atoms with Gasteiger partial charge >= 0.3 is 5.97 Å². The number of ether oxygens (including phenoxy) is 1. The van der Waals surface area contributed by atoms with E-state index < -0.39 is 6.10 Å². The number of rotatable bonds is 10. The average Bonchev–Trinajstić information content (AvgIpc) is 2.73. The minimum absolute atomic E-state index is 0.00818. The fourth-order valence-corrected chi connectivity index (χ4v) is 3.52. The minimum atomic E-state index is -0.483. The summed E-state index contributed by atoms with van der Waals surface area (Å²) >= 11 is 6.22. The first-order valence-electron chi connectivity index (χ1n) is 7.79. The van der Waals surface area contributed by atoms with E-state index in [1.54, 1.807) is 0 Å². The van der Waals surface area contributed by atoms with Crippen molar-refractivity contribution in [1.29, 1.82) is 0 Å². The van der Waals surface area contributed by atoms with Crippen LogP contribution in [0.4, 0.5) is 0 Å². The van der Waals surface area contributed by atoms with Gasteiger partial charge in [-0.15, -0.1) is 11.6 Å². The molecule has 5 nitrogen and oxygen atoms in total. The largest absolute Gasteiger partial charge is 0.463 e. The molecule has 0 aliphatic heterocycles. The molecule has 0 radical (unpaired) electrons. The van der Waals surface area contributed by atoms with Crippen LogP contribution in [0.5, 0.6) is 0 Å². The van der Waals surface area contributed by atoms with Gasteiger partial charge in [-0.1, -0.05) is 19.3 Å². The highest BCUT2D eigenvalue weighted by Gasteiger charge is 2.40. The molecule has 0 heterocycles. The molecule has 1 aliphatic carbocycles. The van der Waals surface area contributed by atoms with Gasteiger partial charge in [-0.05, 0) is 25.2 Å². The van der Waals surface area contributed by atoms with E-state index in [9.17, 15) is 15.0 Å². The Morgan fingerprint density at radius 1 is 1.14 bits per heavy atom. The number of esters is 1. The van der Waals surface area contributed by atoms with Gasteiger partial charge in [0.05, 0.1) is 12.7 Å². The number of hydrogen-bond acceptors (Lipinski definition) is 5. The number of hydrogen-bond donors (Lipinski definition) is 3. The van der Waals surface area contributed by atoms with Crippen LogP contribution in [0.1, 0.15) is 44.9 Å². The number of alkyl halides is 1. The molecule has 3 N–H and O–H groups in total. The normalized spacial score (nSPS) is 28.8. The second kappa shape index (κ2) is 10.4.